The van der Waals surface area contributed by atoms with Crippen LogP contribution in [-0.2, 0) is 10.2 Å². The standard InChI is InChI=1S/C23H32N8O5/c1-11(32)26-9-14-17-22(30-19(24)29-17)23(34,35)15(10-31(22)20(25)27-14)28-18(33)12-5-4-6-13-16(12)36-8-7-21(13,2)3/h4-6,14-15,17,34-35H,7-10H2,1-3H3,(H7,24,25,26,27,28,29,30,32,33)/p+1/t14-,15?,17-,22-/m0/s1. The van der Waals surface area contributed by atoms with Crippen molar-refractivity contribution in [1.82, 2.24) is 21.3 Å². The maximum Gasteiger partial charge on any atom is 0.346 e. The van der Waals surface area contributed by atoms with E-state index < -0.39 is 35.5 Å². The number of carbonyl (C=O) groups is 2. The predicted molar refractivity (Wildman–Crippen MR) is 129 cm³/mol. The number of ether oxygens (including phenoxy) is 1. The Morgan fingerprint density at radius 1 is 1.31 bits per heavy atom. The molecule has 1 unspecified atom stereocenters. The van der Waals surface area contributed by atoms with Crippen molar-refractivity contribution in [2.45, 2.75) is 62.2 Å². The Morgan fingerprint density at radius 2 is 2.06 bits per heavy atom. The van der Waals surface area contributed by atoms with Crippen molar-refractivity contribution in [3.63, 3.8) is 0 Å². The number of amides is 2. The molecule has 0 aliphatic carbocycles. The number of aliphatic imine (C=N–C) groups is 1. The van der Waals surface area contributed by atoms with Crippen molar-refractivity contribution >= 4 is 23.7 Å². The largest absolute Gasteiger partial charge is 0.492 e. The highest BCUT2D eigenvalue weighted by molar-refractivity contribution is 5.98. The summed E-state index contributed by atoms with van der Waals surface area (Å²) in [4.78, 5) is 29.3. The van der Waals surface area contributed by atoms with Crippen LogP contribution in [0.2, 0.25) is 0 Å². The van der Waals surface area contributed by atoms with Crippen LogP contribution in [0.1, 0.15) is 43.1 Å². The summed E-state index contributed by atoms with van der Waals surface area (Å²) in [7, 11) is 0. The third-order valence-corrected chi connectivity index (χ3v) is 7.71. The zero-order valence-corrected chi connectivity index (χ0v) is 20.5. The summed E-state index contributed by atoms with van der Waals surface area (Å²) in [5, 5.41) is 34.5. The minimum atomic E-state index is -2.55. The Hall–Kier alpha value is -3.58. The van der Waals surface area contributed by atoms with Crippen LogP contribution in [0.3, 0.4) is 0 Å². The monoisotopic (exact) mass is 501 g/mol. The maximum absolute atomic E-state index is 13.4. The molecule has 4 aliphatic heterocycles. The molecular formula is C23H33N8O5+. The van der Waals surface area contributed by atoms with Gasteiger partial charge < -0.3 is 36.6 Å². The molecule has 0 radical (unpaired) electrons. The van der Waals surface area contributed by atoms with E-state index in [4.69, 9.17) is 16.2 Å². The summed E-state index contributed by atoms with van der Waals surface area (Å²) in [6.45, 7) is 6.11. The number of hydrogen-bond acceptors (Lipinski definition) is 10. The lowest BCUT2D eigenvalue weighted by Gasteiger charge is -2.43. The molecule has 5 rings (SSSR count). The van der Waals surface area contributed by atoms with E-state index >= 15 is 0 Å². The molecule has 13 nitrogen and oxygen atoms in total. The second-order valence-electron chi connectivity index (χ2n) is 10.5. The fraction of sp³-hybridized carbons (Fsp3) is 0.565. The molecule has 4 heterocycles. The highest BCUT2D eigenvalue weighted by atomic mass is 16.5. The number of rotatable bonds is 4. The van der Waals surface area contributed by atoms with Crippen LogP contribution in [0, 0.1) is 0 Å². The van der Waals surface area contributed by atoms with Crippen LogP contribution in [0.15, 0.2) is 23.2 Å². The number of nitrogens with one attached hydrogen (secondary N) is 4. The highest BCUT2D eigenvalue weighted by Crippen LogP contribution is 2.43. The van der Waals surface area contributed by atoms with E-state index in [0.717, 1.165) is 12.0 Å². The van der Waals surface area contributed by atoms with E-state index in [-0.39, 0.29) is 36.3 Å². The minimum absolute atomic E-state index is 0.0125. The van der Waals surface area contributed by atoms with E-state index in [9.17, 15) is 19.8 Å². The molecule has 2 amide bonds. The fourth-order valence-corrected chi connectivity index (χ4v) is 5.76. The average Bonchev–Trinajstić information content (AvgIpc) is 3.26. The number of carbonyl (C=O) groups excluding carboxylic acids is 2. The molecule has 194 valence electrons. The van der Waals surface area contributed by atoms with Gasteiger partial charge >= 0.3 is 5.96 Å². The lowest BCUT2D eigenvalue weighted by Crippen LogP contribution is -2.79. The Morgan fingerprint density at radius 3 is 2.78 bits per heavy atom. The summed E-state index contributed by atoms with van der Waals surface area (Å²) in [5.41, 5.74) is 11.7. The highest BCUT2D eigenvalue weighted by Gasteiger charge is 2.75. The molecule has 1 spiro atoms. The summed E-state index contributed by atoms with van der Waals surface area (Å²) >= 11 is 0. The van der Waals surface area contributed by atoms with Crippen molar-refractivity contribution in [2.24, 2.45) is 16.5 Å². The number of para-hydroxylation sites is 1. The van der Waals surface area contributed by atoms with Crippen molar-refractivity contribution < 1.29 is 29.1 Å². The first-order valence-corrected chi connectivity index (χ1v) is 11.9. The van der Waals surface area contributed by atoms with Gasteiger partial charge in [-0.05, 0) is 17.9 Å². The zero-order chi connectivity index (χ0) is 26.0. The number of guanidine groups is 2. The normalized spacial score (nSPS) is 31.0. The lowest BCUT2D eigenvalue weighted by atomic mass is 9.79. The third kappa shape index (κ3) is 3.37. The minimum Gasteiger partial charge on any atom is -0.492 e. The summed E-state index contributed by atoms with van der Waals surface area (Å²) in [5.74, 6) is -2.71. The van der Waals surface area contributed by atoms with E-state index in [1.165, 1.54) is 11.5 Å². The first kappa shape index (κ1) is 24.1. The molecule has 0 aromatic heterocycles. The van der Waals surface area contributed by atoms with Gasteiger partial charge in [-0.1, -0.05) is 26.0 Å². The molecule has 13 heteroatoms. The molecule has 10 N–H and O–H groups in total. The Labute approximate surface area is 208 Å². The van der Waals surface area contributed by atoms with Gasteiger partial charge in [0, 0.05) is 12.5 Å². The fourth-order valence-electron chi connectivity index (χ4n) is 5.76. The molecule has 1 fully saturated rings. The summed E-state index contributed by atoms with van der Waals surface area (Å²) in [6, 6.07) is 2.76. The number of benzene rings is 1. The van der Waals surface area contributed by atoms with Gasteiger partial charge in [-0.15, -0.1) is 0 Å². The number of hydrogen-bond donors (Lipinski definition) is 8. The molecule has 36 heavy (non-hydrogen) atoms. The van der Waals surface area contributed by atoms with E-state index in [2.05, 4.69) is 40.1 Å². The first-order chi connectivity index (χ1) is 16.9. The maximum atomic E-state index is 13.4. The summed E-state index contributed by atoms with van der Waals surface area (Å²) < 4.78 is 7.38. The van der Waals surface area contributed by atoms with Crippen molar-refractivity contribution in [3.05, 3.63) is 29.3 Å². The van der Waals surface area contributed by atoms with Gasteiger partial charge in [0.25, 0.3) is 5.91 Å². The molecular weight excluding hydrogens is 468 g/mol. The average molecular weight is 502 g/mol. The van der Waals surface area contributed by atoms with Gasteiger partial charge in [-0.2, -0.15) is 0 Å². The quantitative estimate of drug-likeness (QED) is 0.156. The third-order valence-electron chi connectivity index (χ3n) is 7.71. The number of nitrogens with zero attached hydrogens (tertiary/aromatic N) is 2. The van der Waals surface area contributed by atoms with E-state index in [1.807, 2.05) is 6.07 Å². The van der Waals surface area contributed by atoms with Gasteiger partial charge in [0.15, 0.2) is 5.96 Å². The number of nitrogens with two attached hydrogens (primary N) is 2. The molecule has 1 aromatic rings. The zero-order valence-electron chi connectivity index (χ0n) is 20.5. The van der Waals surface area contributed by atoms with Crippen LogP contribution in [0.5, 0.6) is 5.75 Å². The van der Waals surface area contributed by atoms with Gasteiger partial charge in [0.05, 0.1) is 25.3 Å². The van der Waals surface area contributed by atoms with Gasteiger partial charge in [0.1, 0.15) is 23.9 Å². The van der Waals surface area contributed by atoms with Gasteiger partial charge in [-0.25, -0.2) is 9.57 Å². The molecule has 4 aliphatic rings. The van der Waals surface area contributed by atoms with E-state index in [1.54, 1.807) is 12.1 Å². The van der Waals surface area contributed by atoms with Gasteiger partial charge in [-0.3, -0.25) is 20.6 Å². The number of aliphatic hydroxyl groups is 2. The molecule has 1 aromatic carbocycles. The van der Waals surface area contributed by atoms with Crippen molar-refractivity contribution in [1.29, 1.82) is 0 Å². The SMILES string of the molecule is CC(=O)NC[C@@H]1NC(N)=[N+]2CC(NC(=O)c3cccc4c3OCCC4(C)C)C(O)(O)[C@@]23NC(N)=N[C@@H]13. The molecule has 4 atom stereocenters. The summed E-state index contributed by atoms with van der Waals surface area (Å²) in [6.07, 6.45) is 0.817. The Bertz CT molecular complexity index is 1190. The van der Waals surface area contributed by atoms with Crippen LogP contribution < -0.4 is 37.5 Å². The van der Waals surface area contributed by atoms with Crippen molar-refractivity contribution in [3.8, 4) is 5.75 Å². The lowest BCUT2D eigenvalue weighted by molar-refractivity contribution is -0.623. The van der Waals surface area contributed by atoms with Crippen LogP contribution in [0.4, 0.5) is 0 Å². The predicted octanol–water partition coefficient (Wildman–Crippen LogP) is -3.04. The molecule has 0 saturated carbocycles. The van der Waals surface area contributed by atoms with Crippen LogP contribution >= 0.6 is 0 Å². The van der Waals surface area contributed by atoms with Crippen LogP contribution in [0.25, 0.3) is 0 Å². The van der Waals surface area contributed by atoms with Crippen LogP contribution in [-0.4, -0.2) is 87.8 Å². The second kappa shape index (κ2) is 7.96. The second-order valence-corrected chi connectivity index (χ2v) is 10.5. The Balaban J connectivity index is 1.47. The molecule has 0 bridgehead atoms. The van der Waals surface area contributed by atoms with E-state index in [0.29, 0.717) is 17.9 Å². The van der Waals surface area contributed by atoms with Gasteiger partial charge in [0.2, 0.25) is 17.4 Å². The smallest absolute Gasteiger partial charge is 0.346 e. The topological polar surface area (TPSA) is 199 Å². The first-order valence-electron chi connectivity index (χ1n) is 11.9. The molecule has 1 saturated heterocycles. The number of fused-ring (bicyclic) bond motifs is 1. The van der Waals surface area contributed by atoms with Crippen molar-refractivity contribution in [2.75, 3.05) is 19.7 Å². The Kier molecular flexibility index (Phi) is 5.34.